The maximum absolute atomic E-state index is 10.2. The molecule has 0 amide bonds. The molecule has 21 heavy (non-hydrogen) atoms. The monoisotopic (exact) mass is 291 g/mol. The van der Waals surface area contributed by atoms with Crippen LogP contribution < -0.4 is 10.1 Å². The van der Waals surface area contributed by atoms with E-state index in [1.54, 1.807) is 13.2 Å². The highest BCUT2D eigenvalue weighted by molar-refractivity contribution is 5.45. The zero-order valence-electron chi connectivity index (χ0n) is 14.0. The predicted molar refractivity (Wildman–Crippen MR) is 86.7 cm³/mol. The largest absolute Gasteiger partial charge is 0.504 e. The summed E-state index contributed by atoms with van der Waals surface area (Å²) in [6.45, 7) is 10.1. The van der Waals surface area contributed by atoms with E-state index in [4.69, 9.17) is 4.74 Å². The van der Waals surface area contributed by atoms with Gasteiger partial charge in [-0.2, -0.15) is 0 Å². The molecule has 1 fully saturated rings. The molecule has 1 saturated carbocycles. The average molecular weight is 291 g/mol. The first kappa shape index (κ1) is 16.2. The predicted octanol–water partition coefficient (Wildman–Crippen LogP) is 4.10. The molecule has 0 aromatic heterocycles. The topological polar surface area (TPSA) is 41.5 Å². The van der Waals surface area contributed by atoms with E-state index in [9.17, 15) is 5.11 Å². The number of ether oxygens (including phenoxy) is 1. The van der Waals surface area contributed by atoms with Crippen LogP contribution in [0.25, 0.3) is 0 Å². The van der Waals surface area contributed by atoms with Crippen LogP contribution in [0.1, 0.15) is 52.5 Å². The standard InChI is InChI=1S/C18H29NO2/c1-17(2)9-14(10-18(3,4)12-17)19-11-13-7-6-8-15(21-5)16(13)20/h6-8,14,19-20H,9-12H2,1-5H3. The Balaban J connectivity index is 2.03. The number of benzene rings is 1. The summed E-state index contributed by atoms with van der Waals surface area (Å²) in [6, 6.07) is 6.15. The van der Waals surface area contributed by atoms with Crippen molar-refractivity contribution < 1.29 is 9.84 Å². The number of phenolic OH excluding ortho intramolecular Hbond substituents is 1. The zero-order chi connectivity index (χ0) is 15.7. The number of hydrogen-bond acceptors (Lipinski definition) is 3. The zero-order valence-corrected chi connectivity index (χ0v) is 14.0. The molecule has 0 radical (unpaired) electrons. The van der Waals surface area contributed by atoms with E-state index < -0.39 is 0 Å². The lowest BCUT2D eigenvalue weighted by Gasteiger charge is -2.45. The molecule has 3 heteroatoms. The van der Waals surface area contributed by atoms with Gasteiger partial charge in [0.25, 0.3) is 0 Å². The van der Waals surface area contributed by atoms with Crippen LogP contribution in [0.2, 0.25) is 0 Å². The summed E-state index contributed by atoms with van der Waals surface area (Å²) in [7, 11) is 1.58. The van der Waals surface area contributed by atoms with Gasteiger partial charge in [0, 0.05) is 18.2 Å². The van der Waals surface area contributed by atoms with Crippen LogP contribution in [0.3, 0.4) is 0 Å². The van der Waals surface area contributed by atoms with Crippen LogP contribution in [0.15, 0.2) is 18.2 Å². The smallest absolute Gasteiger partial charge is 0.162 e. The molecule has 1 aliphatic carbocycles. The molecular formula is C18H29NO2. The Morgan fingerprint density at radius 3 is 2.38 bits per heavy atom. The number of phenols is 1. The van der Waals surface area contributed by atoms with E-state index in [1.807, 2.05) is 12.1 Å². The molecule has 0 unspecified atom stereocenters. The van der Waals surface area contributed by atoms with Crippen molar-refractivity contribution >= 4 is 0 Å². The van der Waals surface area contributed by atoms with E-state index in [0.29, 0.717) is 29.2 Å². The lowest BCUT2D eigenvalue weighted by Crippen LogP contribution is -2.43. The molecule has 0 heterocycles. The number of methoxy groups -OCH3 is 1. The molecule has 1 aromatic carbocycles. The molecule has 0 atom stereocenters. The van der Waals surface area contributed by atoms with Crippen LogP contribution in [0.5, 0.6) is 11.5 Å². The fourth-order valence-electron chi connectivity index (χ4n) is 4.12. The van der Waals surface area contributed by atoms with Crippen LogP contribution in [-0.4, -0.2) is 18.3 Å². The summed E-state index contributed by atoms with van der Waals surface area (Å²) in [5, 5.41) is 13.8. The van der Waals surface area contributed by atoms with Gasteiger partial charge >= 0.3 is 0 Å². The van der Waals surface area contributed by atoms with E-state index in [-0.39, 0.29) is 5.75 Å². The minimum Gasteiger partial charge on any atom is -0.504 e. The van der Waals surface area contributed by atoms with E-state index in [2.05, 4.69) is 33.0 Å². The first-order valence-electron chi connectivity index (χ1n) is 7.81. The molecule has 118 valence electrons. The number of nitrogens with one attached hydrogen (secondary N) is 1. The summed E-state index contributed by atoms with van der Waals surface area (Å²) in [4.78, 5) is 0. The van der Waals surface area contributed by atoms with Crippen molar-refractivity contribution in [2.24, 2.45) is 10.8 Å². The van der Waals surface area contributed by atoms with E-state index >= 15 is 0 Å². The van der Waals surface area contributed by atoms with Crippen LogP contribution in [0.4, 0.5) is 0 Å². The van der Waals surface area contributed by atoms with Gasteiger partial charge in [0.15, 0.2) is 11.5 Å². The third-order valence-electron chi connectivity index (χ3n) is 4.44. The minimum atomic E-state index is 0.252. The Morgan fingerprint density at radius 2 is 1.81 bits per heavy atom. The van der Waals surface area contributed by atoms with Crippen molar-refractivity contribution in [1.29, 1.82) is 0 Å². The molecule has 0 spiro atoms. The minimum absolute atomic E-state index is 0.252. The lowest BCUT2D eigenvalue weighted by molar-refractivity contribution is 0.0844. The van der Waals surface area contributed by atoms with Gasteiger partial charge in [-0.15, -0.1) is 0 Å². The van der Waals surface area contributed by atoms with Gasteiger partial charge in [-0.25, -0.2) is 0 Å². The van der Waals surface area contributed by atoms with Crippen LogP contribution in [0, 0.1) is 10.8 Å². The maximum Gasteiger partial charge on any atom is 0.162 e. The van der Waals surface area contributed by atoms with Crippen molar-refractivity contribution in [3.05, 3.63) is 23.8 Å². The number of hydrogen-bond donors (Lipinski definition) is 2. The summed E-state index contributed by atoms with van der Waals surface area (Å²) in [5.41, 5.74) is 1.64. The van der Waals surface area contributed by atoms with Gasteiger partial charge in [-0.1, -0.05) is 39.8 Å². The molecule has 2 rings (SSSR count). The summed E-state index contributed by atoms with van der Waals surface area (Å²) >= 11 is 0. The van der Waals surface area contributed by atoms with Crippen molar-refractivity contribution in [3.63, 3.8) is 0 Å². The Morgan fingerprint density at radius 1 is 1.19 bits per heavy atom. The Kier molecular flexibility index (Phi) is 4.52. The van der Waals surface area contributed by atoms with Crippen molar-refractivity contribution in [2.45, 2.75) is 59.5 Å². The van der Waals surface area contributed by atoms with Gasteiger partial charge in [-0.05, 0) is 36.2 Å². The van der Waals surface area contributed by atoms with Crippen molar-refractivity contribution in [3.8, 4) is 11.5 Å². The summed E-state index contributed by atoms with van der Waals surface area (Å²) in [5.74, 6) is 0.792. The fourth-order valence-corrected chi connectivity index (χ4v) is 4.12. The molecular weight excluding hydrogens is 262 g/mol. The van der Waals surface area contributed by atoms with Gasteiger partial charge in [0.1, 0.15) is 0 Å². The van der Waals surface area contributed by atoms with Gasteiger partial charge < -0.3 is 15.2 Å². The van der Waals surface area contributed by atoms with Gasteiger partial charge in [-0.3, -0.25) is 0 Å². The van der Waals surface area contributed by atoms with E-state index in [1.165, 1.54) is 19.3 Å². The molecule has 1 aromatic rings. The highest BCUT2D eigenvalue weighted by Crippen LogP contribution is 2.45. The van der Waals surface area contributed by atoms with Crippen LogP contribution in [-0.2, 0) is 6.54 Å². The van der Waals surface area contributed by atoms with E-state index in [0.717, 1.165) is 5.56 Å². The highest BCUT2D eigenvalue weighted by atomic mass is 16.5. The second-order valence-corrected chi connectivity index (χ2v) is 7.96. The Hall–Kier alpha value is -1.22. The first-order chi connectivity index (χ1) is 9.72. The Labute approximate surface area is 128 Å². The molecule has 1 aliphatic rings. The number of para-hydroxylation sites is 1. The SMILES string of the molecule is COc1cccc(CNC2CC(C)(C)CC(C)(C)C2)c1O. The number of rotatable bonds is 4. The third kappa shape index (κ3) is 4.13. The quantitative estimate of drug-likeness (QED) is 0.877. The highest BCUT2D eigenvalue weighted by Gasteiger charge is 2.38. The van der Waals surface area contributed by atoms with Gasteiger partial charge in [0.2, 0.25) is 0 Å². The molecule has 0 aliphatic heterocycles. The third-order valence-corrected chi connectivity index (χ3v) is 4.44. The second kappa shape index (κ2) is 5.88. The average Bonchev–Trinajstić information content (AvgIpc) is 2.34. The van der Waals surface area contributed by atoms with Crippen molar-refractivity contribution in [2.75, 3.05) is 7.11 Å². The van der Waals surface area contributed by atoms with Gasteiger partial charge in [0.05, 0.1) is 7.11 Å². The van der Waals surface area contributed by atoms with Crippen LogP contribution >= 0.6 is 0 Å². The Bertz CT molecular complexity index is 478. The second-order valence-electron chi connectivity index (χ2n) is 7.96. The van der Waals surface area contributed by atoms with Crippen molar-refractivity contribution in [1.82, 2.24) is 5.32 Å². The first-order valence-corrected chi connectivity index (χ1v) is 7.81. The maximum atomic E-state index is 10.2. The molecule has 3 nitrogen and oxygen atoms in total. The molecule has 0 saturated heterocycles. The number of aromatic hydroxyl groups is 1. The summed E-state index contributed by atoms with van der Waals surface area (Å²) < 4.78 is 5.17. The normalized spacial score (nSPS) is 21.2. The lowest BCUT2D eigenvalue weighted by atomic mass is 9.63. The summed E-state index contributed by atoms with van der Waals surface area (Å²) in [6.07, 6.45) is 3.63. The molecule has 2 N–H and O–H groups in total. The molecule has 0 bridgehead atoms. The fraction of sp³-hybridized carbons (Fsp3) is 0.667.